The Balaban J connectivity index is 0.000000980. The number of rotatable bonds is 0. The lowest BCUT2D eigenvalue weighted by atomic mass is 10.2. The van der Waals surface area contributed by atoms with Crippen LogP contribution in [0.15, 0.2) is 24.4 Å². The first kappa shape index (κ1) is 13.9. The van der Waals surface area contributed by atoms with Crippen molar-refractivity contribution in [1.82, 2.24) is 4.98 Å². The average Bonchev–Trinajstić information content (AvgIpc) is 2.06. The van der Waals surface area contributed by atoms with E-state index < -0.39 is 11.6 Å². The summed E-state index contributed by atoms with van der Waals surface area (Å²) in [5.41, 5.74) is 6.04. The van der Waals surface area contributed by atoms with Gasteiger partial charge in [0.2, 0.25) is 0 Å². The summed E-state index contributed by atoms with van der Waals surface area (Å²) in [6.07, 6.45) is 1.36. The SMILES string of the molecule is Cl.Cl.Nc1cnc2cc(F)cc(F)c2c1. The molecule has 0 fully saturated rings. The topological polar surface area (TPSA) is 38.9 Å². The highest BCUT2D eigenvalue weighted by Crippen LogP contribution is 2.19. The third kappa shape index (κ3) is 2.67. The highest BCUT2D eigenvalue weighted by molar-refractivity contribution is 5.85. The minimum atomic E-state index is -0.644. The van der Waals surface area contributed by atoms with Crippen molar-refractivity contribution in [1.29, 1.82) is 0 Å². The van der Waals surface area contributed by atoms with Gasteiger partial charge in [0.15, 0.2) is 0 Å². The average molecular weight is 253 g/mol. The minimum Gasteiger partial charge on any atom is -0.397 e. The Kier molecular flexibility index (Phi) is 4.71. The molecule has 0 aliphatic carbocycles. The fraction of sp³-hybridized carbons (Fsp3) is 0. The quantitative estimate of drug-likeness (QED) is 0.783. The van der Waals surface area contributed by atoms with E-state index in [-0.39, 0.29) is 35.7 Å². The van der Waals surface area contributed by atoms with Crippen LogP contribution in [0, 0.1) is 11.6 Å². The molecule has 6 heteroatoms. The molecule has 2 nitrogen and oxygen atoms in total. The van der Waals surface area contributed by atoms with Crippen LogP contribution < -0.4 is 5.73 Å². The highest BCUT2D eigenvalue weighted by atomic mass is 35.5. The number of aromatic nitrogens is 1. The van der Waals surface area contributed by atoms with E-state index in [9.17, 15) is 8.78 Å². The molecule has 0 amide bonds. The molecule has 0 aliphatic heterocycles. The summed E-state index contributed by atoms with van der Waals surface area (Å²) in [6, 6.07) is 3.40. The van der Waals surface area contributed by atoms with Crippen molar-refractivity contribution in [3.05, 3.63) is 36.0 Å². The maximum absolute atomic E-state index is 13.1. The van der Waals surface area contributed by atoms with E-state index in [0.717, 1.165) is 12.1 Å². The van der Waals surface area contributed by atoms with Crippen molar-refractivity contribution in [3.63, 3.8) is 0 Å². The molecular formula is C9H8Cl2F2N2. The first-order valence-electron chi connectivity index (χ1n) is 3.67. The highest BCUT2D eigenvalue weighted by Gasteiger charge is 2.04. The number of fused-ring (bicyclic) bond motifs is 1. The lowest BCUT2D eigenvalue weighted by molar-refractivity contribution is 0.591. The number of hydrogen-bond donors (Lipinski definition) is 1. The number of benzene rings is 1. The lowest BCUT2D eigenvalue weighted by Crippen LogP contribution is -1.90. The van der Waals surface area contributed by atoms with Gasteiger partial charge < -0.3 is 5.73 Å². The van der Waals surface area contributed by atoms with Gasteiger partial charge in [-0.1, -0.05) is 0 Å². The molecule has 0 aliphatic rings. The molecule has 1 heterocycles. The Hall–Kier alpha value is -1.13. The zero-order chi connectivity index (χ0) is 9.42. The standard InChI is InChI=1S/C9H6F2N2.2ClH/c10-5-1-8(11)7-3-6(12)4-13-9(7)2-5;;/h1-4H,12H2;2*1H. The number of nitrogens with two attached hydrogens (primary N) is 1. The number of nitrogen functional groups attached to an aromatic ring is 1. The third-order valence-electron chi connectivity index (χ3n) is 1.74. The maximum atomic E-state index is 13.1. The van der Waals surface area contributed by atoms with Gasteiger partial charge in [-0.05, 0) is 6.07 Å². The van der Waals surface area contributed by atoms with Crippen molar-refractivity contribution >= 4 is 41.4 Å². The van der Waals surface area contributed by atoms with E-state index in [1.54, 1.807) is 0 Å². The van der Waals surface area contributed by atoms with Crippen LogP contribution >= 0.6 is 24.8 Å². The number of anilines is 1. The van der Waals surface area contributed by atoms with Crippen molar-refractivity contribution < 1.29 is 8.78 Å². The van der Waals surface area contributed by atoms with E-state index in [4.69, 9.17) is 5.73 Å². The monoisotopic (exact) mass is 252 g/mol. The molecule has 0 atom stereocenters. The largest absolute Gasteiger partial charge is 0.397 e. The maximum Gasteiger partial charge on any atom is 0.135 e. The molecule has 0 saturated heterocycles. The first-order valence-corrected chi connectivity index (χ1v) is 3.67. The molecule has 2 N–H and O–H groups in total. The van der Waals surface area contributed by atoms with Gasteiger partial charge in [-0.15, -0.1) is 24.8 Å². The molecule has 0 unspecified atom stereocenters. The molecule has 2 aromatic rings. The summed E-state index contributed by atoms with van der Waals surface area (Å²) in [6.45, 7) is 0. The second kappa shape index (κ2) is 5.09. The molecule has 1 aromatic carbocycles. The Morgan fingerprint density at radius 1 is 1.07 bits per heavy atom. The van der Waals surface area contributed by atoms with Crippen molar-refractivity contribution in [2.75, 3.05) is 5.73 Å². The summed E-state index contributed by atoms with van der Waals surface area (Å²) in [7, 11) is 0. The number of halogens is 4. The van der Waals surface area contributed by atoms with Crippen LogP contribution in [0.25, 0.3) is 10.9 Å². The van der Waals surface area contributed by atoms with Crippen LogP contribution in [0.2, 0.25) is 0 Å². The molecule has 0 spiro atoms. The molecule has 0 radical (unpaired) electrons. The van der Waals surface area contributed by atoms with Crippen LogP contribution in [0.5, 0.6) is 0 Å². The zero-order valence-electron chi connectivity index (χ0n) is 7.41. The Bertz CT molecular complexity index is 477. The van der Waals surface area contributed by atoms with Crippen molar-refractivity contribution in [2.45, 2.75) is 0 Å². The van der Waals surface area contributed by atoms with Gasteiger partial charge in [0.25, 0.3) is 0 Å². The summed E-state index contributed by atoms with van der Waals surface area (Å²) in [5, 5.41) is 0.237. The van der Waals surface area contributed by atoms with Gasteiger partial charge in [-0.3, -0.25) is 4.98 Å². The number of hydrogen-bond acceptors (Lipinski definition) is 2. The second-order valence-electron chi connectivity index (χ2n) is 2.72. The summed E-state index contributed by atoms with van der Waals surface area (Å²) >= 11 is 0. The van der Waals surface area contributed by atoms with Gasteiger partial charge in [0.1, 0.15) is 11.6 Å². The predicted octanol–water partition coefficient (Wildman–Crippen LogP) is 2.94. The molecule has 82 valence electrons. The van der Waals surface area contributed by atoms with Gasteiger partial charge in [0, 0.05) is 17.5 Å². The molecule has 15 heavy (non-hydrogen) atoms. The molecular weight excluding hydrogens is 245 g/mol. The Morgan fingerprint density at radius 2 is 1.73 bits per heavy atom. The van der Waals surface area contributed by atoms with Gasteiger partial charge in [-0.2, -0.15) is 0 Å². The summed E-state index contributed by atoms with van der Waals surface area (Å²) in [5.74, 6) is -1.28. The van der Waals surface area contributed by atoms with Gasteiger partial charge in [0.05, 0.1) is 17.4 Å². The molecule has 0 bridgehead atoms. The fourth-order valence-electron chi connectivity index (χ4n) is 1.17. The summed E-state index contributed by atoms with van der Waals surface area (Å²) < 4.78 is 25.8. The Morgan fingerprint density at radius 3 is 2.40 bits per heavy atom. The second-order valence-corrected chi connectivity index (χ2v) is 2.72. The first-order chi connectivity index (χ1) is 6.16. The van der Waals surface area contributed by atoms with E-state index in [0.29, 0.717) is 5.69 Å². The van der Waals surface area contributed by atoms with E-state index in [1.807, 2.05) is 0 Å². The van der Waals surface area contributed by atoms with Crippen LogP contribution in [-0.4, -0.2) is 4.98 Å². The fourth-order valence-corrected chi connectivity index (χ4v) is 1.17. The van der Waals surface area contributed by atoms with Crippen LogP contribution in [0.4, 0.5) is 14.5 Å². The van der Waals surface area contributed by atoms with Gasteiger partial charge in [-0.25, -0.2) is 8.78 Å². The molecule has 0 saturated carbocycles. The third-order valence-corrected chi connectivity index (χ3v) is 1.74. The minimum absolute atomic E-state index is 0. The summed E-state index contributed by atoms with van der Waals surface area (Å²) in [4.78, 5) is 3.80. The number of nitrogens with zero attached hydrogens (tertiary/aromatic N) is 1. The van der Waals surface area contributed by atoms with Gasteiger partial charge >= 0.3 is 0 Å². The molecule has 2 rings (SSSR count). The van der Waals surface area contributed by atoms with E-state index in [2.05, 4.69) is 4.98 Å². The smallest absolute Gasteiger partial charge is 0.135 e. The van der Waals surface area contributed by atoms with Crippen molar-refractivity contribution in [2.24, 2.45) is 0 Å². The predicted molar refractivity (Wildman–Crippen MR) is 60.6 cm³/mol. The van der Waals surface area contributed by atoms with Crippen LogP contribution in [-0.2, 0) is 0 Å². The lowest BCUT2D eigenvalue weighted by Gasteiger charge is -1.99. The normalized spacial score (nSPS) is 9.20. The van der Waals surface area contributed by atoms with Crippen LogP contribution in [0.3, 0.4) is 0 Å². The number of pyridine rings is 1. The van der Waals surface area contributed by atoms with Crippen molar-refractivity contribution in [3.8, 4) is 0 Å². The van der Waals surface area contributed by atoms with Crippen LogP contribution in [0.1, 0.15) is 0 Å². The van der Waals surface area contributed by atoms with E-state index >= 15 is 0 Å². The zero-order valence-corrected chi connectivity index (χ0v) is 9.04. The molecule has 1 aromatic heterocycles. The Labute approximate surface area is 97.3 Å². The van der Waals surface area contributed by atoms with E-state index in [1.165, 1.54) is 12.3 Å².